The quantitative estimate of drug-likeness (QED) is 0.899. The Morgan fingerprint density at radius 3 is 3.00 bits per heavy atom. The molecule has 1 atom stereocenters. The van der Waals surface area contributed by atoms with E-state index >= 15 is 0 Å². The van der Waals surface area contributed by atoms with Gasteiger partial charge in [0.2, 0.25) is 0 Å². The number of likely N-dealkylation sites (N-methyl/N-ethyl adjacent to an activating group) is 1. The monoisotopic (exact) mass is 244 g/mol. The van der Waals surface area contributed by atoms with Crippen molar-refractivity contribution in [3.8, 4) is 5.75 Å². The Morgan fingerprint density at radius 2 is 2.22 bits per heavy atom. The number of rotatable bonds is 3. The molecule has 0 amide bonds. The first-order valence-electron chi connectivity index (χ1n) is 6.58. The van der Waals surface area contributed by atoms with Crippen molar-refractivity contribution in [3.05, 3.63) is 29.5 Å². The molecule has 3 rings (SSSR count). The molecule has 0 aliphatic carbocycles. The number of aromatic nitrogens is 1. The van der Waals surface area contributed by atoms with Crippen LogP contribution >= 0.6 is 0 Å². The third-order valence-corrected chi connectivity index (χ3v) is 4.00. The molecule has 0 radical (unpaired) electrons. The Balaban J connectivity index is 2.05. The fraction of sp³-hybridized carbons (Fsp3) is 0.467. The van der Waals surface area contributed by atoms with Crippen LogP contribution in [0, 0.1) is 0 Å². The molecule has 0 bridgehead atoms. The minimum atomic E-state index is 0.544. The molecule has 0 spiro atoms. The number of ether oxygens (including phenoxy) is 1. The fourth-order valence-corrected chi connectivity index (χ4v) is 2.66. The van der Waals surface area contributed by atoms with Crippen LogP contribution in [-0.2, 0) is 12.8 Å². The largest absolute Gasteiger partial charge is 0.493 e. The zero-order valence-corrected chi connectivity index (χ0v) is 11.3. The summed E-state index contributed by atoms with van der Waals surface area (Å²) in [5, 5.41) is 1.39. The Kier molecular flexibility index (Phi) is 2.78. The second-order valence-corrected chi connectivity index (χ2v) is 5.39. The lowest BCUT2D eigenvalue weighted by atomic mass is 10.00. The van der Waals surface area contributed by atoms with Crippen molar-refractivity contribution in [2.75, 3.05) is 20.7 Å². The van der Waals surface area contributed by atoms with E-state index in [2.05, 4.69) is 49.2 Å². The summed E-state index contributed by atoms with van der Waals surface area (Å²) in [6.45, 7) is 3.08. The van der Waals surface area contributed by atoms with E-state index in [1.54, 1.807) is 0 Å². The van der Waals surface area contributed by atoms with E-state index in [9.17, 15) is 0 Å². The molecule has 18 heavy (non-hydrogen) atoms. The molecular weight excluding hydrogens is 224 g/mol. The maximum Gasteiger partial charge on any atom is 0.123 e. The summed E-state index contributed by atoms with van der Waals surface area (Å²) in [6.07, 6.45) is 4.26. The second-order valence-electron chi connectivity index (χ2n) is 5.39. The van der Waals surface area contributed by atoms with Crippen LogP contribution in [0.25, 0.3) is 10.9 Å². The van der Waals surface area contributed by atoms with Gasteiger partial charge in [0.15, 0.2) is 0 Å². The van der Waals surface area contributed by atoms with Crippen molar-refractivity contribution in [1.29, 1.82) is 0 Å². The molecule has 3 nitrogen and oxygen atoms in total. The Hall–Kier alpha value is -1.48. The van der Waals surface area contributed by atoms with Gasteiger partial charge in [-0.2, -0.15) is 0 Å². The van der Waals surface area contributed by atoms with Gasteiger partial charge in [-0.05, 0) is 45.1 Å². The van der Waals surface area contributed by atoms with E-state index in [0.29, 0.717) is 6.04 Å². The maximum atomic E-state index is 5.66. The van der Waals surface area contributed by atoms with E-state index in [4.69, 9.17) is 4.74 Å². The third kappa shape index (κ3) is 1.79. The molecule has 1 unspecified atom stereocenters. The standard InChI is InChI=1S/C15H20N2O/c1-10(17(2)3)8-11-9-16-13-4-5-14-12(15(11)13)6-7-18-14/h4-5,9-10,16H,6-8H2,1-3H3. The number of nitrogens with one attached hydrogen (secondary N) is 1. The van der Waals surface area contributed by atoms with E-state index < -0.39 is 0 Å². The number of fused-ring (bicyclic) bond motifs is 3. The van der Waals surface area contributed by atoms with Gasteiger partial charge in [-0.15, -0.1) is 0 Å². The molecule has 1 aromatic carbocycles. The van der Waals surface area contributed by atoms with Gasteiger partial charge in [0.25, 0.3) is 0 Å². The molecule has 0 fully saturated rings. The molecule has 1 aromatic heterocycles. The van der Waals surface area contributed by atoms with Crippen LogP contribution in [0.1, 0.15) is 18.1 Å². The Morgan fingerprint density at radius 1 is 1.39 bits per heavy atom. The van der Waals surface area contributed by atoms with Crippen LogP contribution in [0.3, 0.4) is 0 Å². The fourth-order valence-electron chi connectivity index (χ4n) is 2.66. The van der Waals surface area contributed by atoms with Gasteiger partial charge in [-0.25, -0.2) is 0 Å². The van der Waals surface area contributed by atoms with Crippen molar-refractivity contribution in [1.82, 2.24) is 9.88 Å². The molecule has 0 saturated carbocycles. The van der Waals surface area contributed by atoms with E-state index in [1.165, 1.54) is 22.0 Å². The van der Waals surface area contributed by atoms with Crippen molar-refractivity contribution >= 4 is 10.9 Å². The van der Waals surface area contributed by atoms with Gasteiger partial charge in [0.05, 0.1) is 6.61 Å². The molecule has 1 aliphatic rings. The average Bonchev–Trinajstić information content (AvgIpc) is 2.94. The molecular formula is C15H20N2O. The lowest BCUT2D eigenvalue weighted by molar-refractivity contribution is 0.313. The lowest BCUT2D eigenvalue weighted by Gasteiger charge is -2.19. The number of H-pyrrole nitrogens is 1. The SMILES string of the molecule is CC(Cc1c[nH]c2ccc3c(c12)CCO3)N(C)C. The van der Waals surface area contributed by atoms with Crippen molar-refractivity contribution in [3.63, 3.8) is 0 Å². The van der Waals surface area contributed by atoms with Crippen molar-refractivity contribution in [2.24, 2.45) is 0 Å². The molecule has 1 N–H and O–H groups in total. The molecule has 1 aliphatic heterocycles. The zero-order valence-electron chi connectivity index (χ0n) is 11.3. The van der Waals surface area contributed by atoms with Crippen LogP contribution in [-0.4, -0.2) is 36.6 Å². The van der Waals surface area contributed by atoms with Gasteiger partial charge in [-0.1, -0.05) is 0 Å². The summed E-state index contributed by atoms with van der Waals surface area (Å²) >= 11 is 0. The topological polar surface area (TPSA) is 28.3 Å². The Labute approximate surface area is 108 Å². The highest BCUT2D eigenvalue weighted by molar-refractivity contribution is 5.89. The molecule has 96 valence electrons. The number of hydrogen-bond acceptors (Lipinski definition) is 2. The van der Waals surface area contributed by atoms with Crippen LogP contribution in [0.2, 0.25) is 0 Å². The van der Waals surface area contributed by atoms with Gasteiger partial charge < -0.3 is 14.6 Å². The van der Waals surface area contributed by atoms with E-state index in [-0.39, 0.29) is 0 Å². The zero-order chi connectivity index (χ0) is 12.7. The first kappa shape index (κ1) is 11.6. The highest BCUT2D eigenvalue weighted by Crippen LogP contribution is 2.34. The normalized spacial score (nSPS) is 16.0. The van der Waals surface area contributed by atoms with E-state index in [0.717, 1.165) is 25.2 Å². The summed E-state index contributed by atoms with van der Waals surface area (Å²) in [5.41, 5.74) is 4.03. The van der Waals surface area contributed by atoms with Crippen LogP contribution < -0.4 is 4.74 Å². The van der Waals surface area contributed by atoms with Crippen LogP contribution in [0.15, 0.2) is 18.3 Å². The summed E-state index contributed by atoms with van der Waals surface area (Å²) in [7, 11) is 4.26. The van der Waals surface area contributed by atoms with Crippen LogP contribution in [0.5, 0.6) is 5.75 Å². The lowest BCUT2D eigenvalue weighted by Crippen LogP contribution is -2.26. The molecule has 2 heterocycles. The molecule has 3 heteroatoms. The highest BCUT2D eigenvalue weighted by atomic mass is 16.5. The van der Waals surface area contributed by atoms with Crippen LogP contribution in [0.4, 0.5) is 0 Å². The smallest absolute Gasteiger partial charge is 0.123 e. The summed E-state index contributed by atoms with van der Waals surface area (Å²) in [6, 6.07) is 4.76. The predicted molar refractivity (Wildman–Crippen MR) is 74.4 cm³/mol. The number of benzene rings is 1. The second kappa shape index (κ2) is 4.32. The minimum absolute atomic E-state index is 0.544. The predicted octanol–water partition coefficient (Wildman–Crippen LogP) is 2.60. The number of aromatic amines is 1. The van der Waals surface area contributed by atoms with Gasteiger partial charge in [0.1, 0.15) is 5.75 Å². The van der Waals surface area contributed by atoms with Gasteiger partial charge in [-0.3, -0.25) is 0 Å². The number of hydrogen-bond donors (Lipinski definition) is 1. The van der Waals surface area contributed by atoms with Gasteiger partial charge in [0, 0.05) is 35.1 Å². The average molecular weight is 244 g/mol. The van der Waals surface area contributed by atoms with Crippen molar-refractivity contribution in [2.45, 2.75) is 25.8 Å². The first-order chi connectivity index (χ1) is 8.66. The minimum Gasteiger partial charge on any atom is -0.493 e. The van der Waals surface area contributed by atoms with Gasteiger partial charge >= 0.3 is 0 Å². The highest BCUT2D eigenvalue weighted by Gasteiger charge is 2.19. The number of nitrogens with zero attached hydrogens (tertiary/aromatic N) is 1. The molecule has 0 saturated heterocycles. The Bertz CT molecular complexity index is 571. The summed E-state index contributed by atoms with van der Waals surface area (Å²) in [5.74, 6) is 1.07. The van der Waals surface area contributed by atoms with Crippen molar-refractivity contribution < 1.29 is 4.74 Å². The summed E-state index contributed by atoms with van der Waals surface area (Å²) in [4.78, 5) is 5.65. The third-order valence-electron chi connectivity index (χ3n) is 4.00. The molecule has 2 aromatic rings. The summed E-state index contributed by atoms with van der Waals surface area (Å²) < 4.78 is 5.66. The first-order valence-corrected chi connectivity index (χ1v) is 6.58. The maximum absolute atomic E-state index is 5.66. The van der Waals surface area contributed by atoms with E-state index in [1.807, 2.05) is 0 Å².